The fourth-order valence-electron chi connectivity index (χ4n) is 2.19. The second-order valence-electron chi connectivity index (χ2n) is 4.99. The molecule has 0 aliphatic heterocycles. The Morgan fingerprint density at radius 1 is 1.11 bits per heavy atom. The molecule has 1 aromatic carbocycles. The summed E-state index contributed by atoms with van der Waals surface area (Å²) in [5.41, 5.74) is 5.01. The first-order valence-electron chi connectivity index (χ1n) is 6.77. The van der Waals surface area contributed by atoms with Crippen molar-refractivity contribution in [2.24, 2.45) is 0 Å². The number of ketones is 1. The molecule has 0 heterocycles. The van der Waals surface area contributed by atoms with Gasteiger partial charge in [0.25, 0.3) is 0 Å². The highest BCUT2D eigenvalue weighted by Crippen LogP contribution is 2.18. The topological polar surface area (TPSA) is 38.3 Å². The zero-order chi connectivity index (χ0) is 12.8. The number of anilines is 1. The molecular formula is C15H21NO2. The highest BCUT2D eigenvalue weighted by molar-refractivity contribution is 5.83. The Labute approximate surface area is 108 Å². The van der Waals surface area contributed by atoms with E-state index >= 15 is 0 Å². The van der Waals surface area contributed by atoms with Gasteiger partial charge in [-0.1, -0.05) is 37.0 Å². The number of aryl methyl sites for hydroxylation is 1. The molecule has 1 saturated carbocycles. The second kappa shape index (κ2) is 6.55. The van der Waals surface area contributed by atoms with Crippen molar-refractivity contribution in [2.75, 3.05) is 5.48 Å². The molecule has 3 heteroatoms. The second-order valence-corrected chi connectivity index (χ2v) is 4.99. The normalized spacial score (nSPS) is 21.2. The maximum Gasteiger partial charge on any atom is 0.164 e. The van der Waals surface area contributed by atoms with Gasteiger partial charge in [0.2, 0.25) is 0 Å². The molecular weight excluding hydrogens is 226 g/mol. The average Bonchev–Trinajstić information content (AvgIpc) is 2.36. The SMILES string of the molecule is Cc1ccc(NOC2CCCCCCC2=O)cc1. The van der Waals surface area contributed by atoms with Crippen molar-refractivity contribution in [2.45, 2.75) is 51.6 Å². The van der Waals surface area contributed by atoms with Gasteiger partial charge in [-0.15, -0.1) is 0 Å². The van der Waals surface area contributed by atoms with Crippen molar-refractivity contribution in [3.63, 3.8) is 0 Å². The van der Waals surface area contributed by atoms with Crippen molar-refractivity contribution < 1.29 is 9.63 Å². The first-order valence-corrected chi connectivity index (χ1v) is 6.77. The van der Waals surface area contributed by atoms with Crippen LogP contribution in [0.1, 0.15) is 44.1 Å². The van der Waals surface area contributed by atoms with Gasteiger partial charge in [0.1, 0.15) is 6.10 Å². The number of rotatable bonds is 3. The number of hydrogen-bond acceptors (Lipinski definition) is 3. The van der Waals surface area contributed by atoms with Crippen LogP contribution in [0.15, 0.2) is 24.3 Å². The lowest BCUT2D eigenvalue weighted by Crippen LogP contribution is -2.27. The molecule has 18 heavy (non-hydrogen) atoms. The fourth-order valence-corrected chi connectivity index (χ4v) is 2.19. The van der Waals surface area contributed by atoms with Crippen LogP contribution in [0.2, 0.25) is 0 Å². The van der Waals surface area contributed by atoms with Crippen LogP contribution < -0.4 is 5.48 Å². The number of carbonyl (C=O) groups excluding carboxylic acids is 1. The van der Waals surface area contributed by atoms with E-state index in [1.807, 2.05) is 31.2 Å². The number of carbonyl (C=O) groups is 1. The van der Waals surface area contributed by atoms with Crippen LogP contribution in [0, 0.1) is 6.92 Å². The van der Waals surface area contributed by atoms with Crippen LogP contribution in [-0.4, -0.2) is 11.9 Å². The molecule has 3 nitrogen and oxygen atoms in total. The molecule has 1 atom stereocenters. The number of Topliss-reactive ketones (excluding diaryl/α,β-unsaturated/α-hetero) is 1. The predicted molar refractivity (Wildman–Crippen MR) is 72.4 cm³/mol. The molecule has 2 rings (SSSR count). The summed E-state index contributed by atoms with van der Waals surface area (Å²) in [7, 11) is 0. The van der Waals surface area contributed by atoms with Gasteiger partial charge in [-0.05, 0) is 31.9 Å². The summed E-state index contributed by atoms with van der Waals surface area (Å²) in [6.07, 6.45) is 5.65. The Bertz CT molecular complexity index is 386. The quantitative estimate of drug-likeness (QED) is 0.829. The maximum atomic E-state index is 11.9. The van der Waals surface area contributed by atoms with Crippen LogP contribution in [0.3, 0.4) is 0 Å². The van der Waals surface area contributed by atoms with Crippen molar-refractivity contribution in [1.82, 2.24) is 0 Å². The third-order valence-electron chi connectivity index (χ3n) is 3.37. The summed E-state index contributed by atoms with van der Waals surface area (Å²) in [4.78, 5) is 17.4. The molecule has 1 aliphatic rings. The summed E-state index contributed by atoms with van der Waals surface area (Å²) in [5.74, 6) is 0.231. The largest absolute Gasteiger partial charge is 0.297 e. The van der Waals surface area contributed by atoms with E-state index < -0.39 is 0 Å². The third kappa shape index (κ3) is 3.84. The molecule has 0 amide bonds. The van der Waals surface area contributed by atoms with E-state index in [4.69, 9.17) is 4.84 Å². The van der Waals surface area contributed by atoms with E-state index in [-0.39, 0.29) is 11.9 Å². The van der Waals surface area contributed by atoms with Gasteiger partial charge in [0, 0.05) is 6.42 Å². The van der Waals surface area contributed by atoms with E-state index in [1.165, 1.54) is 18.4 Å². The Balaban J connectivity index is 1.87. The van der Waals surface area contributed by atoms with Gasteiger partial charge in [0.15, 0.2) is 5.78 Å². The highest BCUT2D eigenvalue weighted by Gasteiger charge is 2.20. The monoisotopic (exact) mass is 247 g/mol. The summed E-state index contributed by atoms with van der Waals surface area (Å²) < 4.78 is 0. The molecule has 1 fully saturated rings. The van der Waals surface area contributed by atoms with Crippen LogP contribution in [0.4, 0.5) is 5.69 Å². The van der Waals surface area contributed by atoms with Gasteiger partial charge in [-0.2, -0.15) is 0 Å². The van der Waals surface area contributed by atoms with Gasteiger partial charge in [0.05, 0.1) is 5.69 Å². The fraction of sp³-hybridized carbons (Fsp3) is 0.533. The first-order chi connectivity index (χ1) is 8.75. The molecule has 0 radical (unpaired) electrons. The minimum absolute atomic E-state index is 0.231. The Morgan fingerprint density at radius 2 is 1.83 bits per heavy atom. The number of nitrogens with one attached hydrogen (secondary N) is 1. The number of benzene rings is 1. The van der Waals surface area contributed by atoms with Crippen molar-refractivity contribution in [3.8, 4) is 0 Å². The Kier molecular flexibility index (Phi) is 4.76. The van der Waals surface area contributed by atoms with Crippen molar-refractivity contribution >= 4 is 11.5 Å². The molecule has 0 aromatic heterocycles. The summed E-state index contributed by atoms with van der Waals surface area (Å²) in [5, 5.41) is 0. The van der Waals surface area contributed by atoms with Crippen molar-refractivity contribution in [1.29, 1.82) is 0 Å². The minimum Gasteiger partial charge on any atom is -0.297 e. The number of hydrogen-bond donors (Lipinski definition) is 1. The van der Waals surface area contributed by atoms with E-state index in [2.05, 4.69) is 5.48 Å². The van der Waals surface area contributed by atoms with Gasteiger partial charge >= 0.3 is 0 Å². The van der Waals surface area contributed by atoms with Crippen LogP contribution >= 0.6 is 0 Å². The van der Waals surface area contributed by atoms with Crippen LogP contribution in [0.5, 0.6) is 0 Å². The lowest BCUT2D eigenvalue weighted by Gasteiger charge is -2.19. The minimum atomic E-state index is -0.286. The summed E-state index contributed by atoms with van der Waals surface area (Å²) in [6.45, 7) is 2.04. The van der Waals surface area contributed by atoms with Crippen LogP contribution in [0.25, 0.3) is 0 Å². The van der Waals surface area contributed by atoms with Crippen molar-refractivity contribution in [3.05, 3.63) is 29.8 Å². The molecule has 1 N–H and O–H groups in total. The molecule has 98 valence electrons. The van der Waals surface area contributed by atoms with Gasteiger partial charge in [-0.25, -0.2) is 0 Å². The summed E-state index contributed by atoms with van der Waals surface area (Å²) in [6, 6.07) is 7.96. The first kappa shape index (κ1) is 13.1. The lowest BCUT2D eigenvalue weighted by atomic mass is 9.98. The molecule has 0 spiro atoms. The highest BCUT2D eigenvalue weighted by atomic mass is 16.7. The van der Waals surface area contributed by atoms with E-state index in [0.717, 1.165) is 24.9 Å². The third-order valence-corrected chi connectivity index (χ3v) is 3.37. The Morgan fingerprint density at radius 3 is 2.61 bits per heavy atom. The molecule has 0 bridgehead atoms. The molecule has 0 saturated heterocycles. The predicted octanol–water partition coefficient (Wildman–Crippen LogP) is 3.63. The zero-order valence-corrected chi connectivity index (χ0v) is 10.9. The standard InChI is InChI=1S/C15H21NO2/c1-12-8-10-13(11-9-12)16-18-15-7-5-3-2-4-6-14(15)17/h8-11,15-16H,2-7H2,1H3. The Hall–Kier alpha value is -1.35. The molecule has 1 aromatic rings. The molecule has 1 aliphatic carbocycles. The van der Waals surface area contributed by atoms with E-state index in [0.29, 0.717) is 6.42 Å². The summed E-state index contributed by atoms with van der Waals surface area (Å²) >= 11 is 0. The van der Waals surface area contributed by atoms with Crippen LogP contribution in [-0.2, 0) is 9.63 Å². The van der Waals surface area contributed by atoms with Gasteiger partial charge < -0.3 is 0 Å². The zero-order valence-electron chi connectivity index (χ0n) is 10.9. The average molecular weight is 247 g/mol. The lowest BCUT2D eigenvalue weighted by molar-refractivity contribution is -0.129. The van der Waals surface area contributed by atoms with E-state index in [1.54, 1.807) is 0 Å². The smallest absolute Gasteiger partial charge is 0.164 e. The van der Waals surface area contributed by atoms with E-state index in [9.17, 15) is 4.79 Å². The molecule has 1 unspecified atom stereocenters. The van der Waals surface area contributed by atoms with Gasteiger partial charge in [-0.3, -0.25) is 15.1 Å². The maximum absolute atomic E-state index is 11.9.